The van der Waals surface area contributed by atoms with Gasteiger partial charge in [0.25, 0.3) is 0 Å². The Morgan fingerprint density at radius 2 is 1.65 bits per heavy atom. The highest BCUT2D eigenvalue weighted by Gasteiger charge is 2.33. The molecule has 0 amide bonds. The van der Waals surface area contributed by atoms with Crippen LogP contribution in [0.15, 0.2) is 0 Å². The van der Waals surface area contributed by atoms with Gasteiger partial charge in [-0.1, -0.05) is 13.8 Å². The van der Waals surface area contributed by atoms with E-state index in [1.807, 2.05) is 0 Å². The third-order valence-corrected chi connectivity index (χ3v) is 5.54. The van der Waals surface area contributed by atoms with E-state index in [2.05, 4.69) is 36.3 Å². The zero-order valence-corrected chi connectivity index (χ0v) is 12.4. The van der Waals surface area contributed by atoms with Gasteiger partial charge in [0.1, 0.15) is 0 Å². The first-order valence-electron chi connectivity index (χ1n) is 7.30. The van der Waals surface area contributed by atoms with Crippen LogP contribution in [0.25, 0.3) is 0 Å². The van der Waals surface area contributed by atoms with Crippen molar-refractivity contribution in [1.82, 2.24) is 9.80 Å². The summed E-state index contributed by atoms with van der Waals surface area (Å²) >= 11 is 4.58. The summed E-state index contributed by atoms with van der Waals surface area (Å²) in [4.78, 5) is 5.36. The number of thiol groups is 1. The topological polar surface area (TPSA) is 6.48 Å². The van der Waals surface area contributed by atoms with Gasteiger partial charge in [-0.05, 0) is 36.9 Å². The Hall–Kier alpha value is 0.270. The molecule has 1 saturated heterocycles. The lowest BCUT2D eigenvalue weighted by atomic mass is 9.83. The van der Waals surface area contributed by atoms with Gasteiger partial charge >= 0.3 is 0 Å². The predicted octanol–water partition coefficient (Wildman–Crippen LogP) is 2.50. The van der Waals surface area contributed by atoms with Crippen molar-refractivity contribution in [3.8, 4) is 0 Å². The first kappa shape index (κ1) is 13.7. The third kappa shape index (κ3) is 3.39. The molecule has 3 heteroatoms. The van der Waals surface area contributed by atoms with Gasteiger partial charge < -0.3 is 4.90 Å². The molecule has 1 saturated carbocycles. The molecule has 0 unspecified atom stereocenters. The quantitative estimate of drug-likeness (QED) is 0.730. The molecular formula is C14H28N2S. The second kappa shape index (κ2) is 5.94. The lowest BCUT2D eigenvalue weighted by Gasteiger charge is -2.41. The third-order valence-electron chi connectivity index (χ3n) is 4.86. The van der Waals surface area contributed by atoms with Crippen LogP contribution in [0.3, 0.4) is 0 Å². The molecule has 0 N–H and O–H groups in total. The highest BCUT2D eigenvalue weighted by atomic mass is 32.1. The SMILES string of the molecule is CCC(CC)(CS)CN1CCN(C2CC2)CC1. The summed E-state index contributed by atoms with van der Waals surface area (Å²) in [5, 5.41) is 0. The lowest BCUT2D eigenvalue weighted by Crippen LogP contribution is -2.50. The minimum absolute atomic E-state index is 0.449. The molecule has 0 spiro atoms. The molecule has 0 aromatic carbocycles. The van der Waals surface area contributed by atoms with Crippen LogP contribution >= 0.6 is 12.6 Å². The minimum atomic E-state index is 0.449. The number of hydrogen-bond donors (Lipinski definition) is 1. The summed E-state index contributed by atoms with van der Waals surface area (Å²) in [7, 11) is 0. The smallest absolute Gasteiger partial charge is 0.0113 e. The Kier molecular flexibility index (Phi) is 4.79. The van der Waals surface area contributed by atoms with E-state index in [-0.39, 0.29) is 0 Å². The normalized spacial score (nSPS) is 24.2. The van der Waals surface area contributed by atoms with Gasteiger partial charge in [-0.25, -0.2) is 0 Å². The Morgan fingerprint density at radius 3 is 2.06 bits per heavy atom. The fourth-order valence-corrected chi connectivity index (χ4v) is 3.50. The lowest BCUT2D eigenvalue weighted by molar-refractivity contribution is 0.0853. The molecule has 100 valence electrons. The highest BCUT2D eigenvalue weighted by molar-refractivity contribution is 7.80. The van der Waals surface area contributed by atoms with Gasteiger partial charge in [0.05, 0.1) is 0 Å². The van der Waals surface area contributed by atoms with Crippen molar-refractivity contribution < 1.29 is 0 Å². The fraction of sp³-hybridized carbons (Fsp3) is 1.00. The average molecular weight is 256 g/mol. The van der Waals surface area contributed by atoms with E-state index in [0.717, 1.165) is 11.8 Å². The largest absolute Gasteiger partial charge is 0.300 e. The molecule has 2 aliphatic rings. The molecule has 0 radical (unpaired) electrons. The van der Waals surface area contributed by atoms with Crippen LogP contribution in [0.4, 0.5) is 0 Å². The zero-order valence-electron chi connectivity index (χ0n) is 11.5. The predicted molar refractivity (Wildman–Crippen MR) is 77.9 cm³/mol. The second-order valence-corrected chi connectivity index (χ2v) is 6.22. The molecule has 0 aromatic heterocycles. The van der Waals surface area contributed by atoms with E-state index in [1.54, 1.807) is 0 Å². The molecule has 2 rings (SSSR count). The molecule has 0 bridgehead atoms. The summed E-state index contributed by atoms with van der Waals surface area (Å²) in [6.07, 6.45) is 5.42. The van der Waals surface area contributed by atoms with E-state index in [9.17, 15) is 0 Å². The van der Waals surface area contributed by atoms with Crippen molar-refractivity contribution in [1.29, 1.82) is 0 Å². The van der Waals surface area contributed by atoms with Crippen LogP contribution in [-0.2, 0) is 0 Å². The van der Waals surface area contributed by atoms with Crippen molar-refractivity contribution >= 4 is 12.6 Å². The first-order valence-corrected chi connectivity index (χ1v) is 7.93. The van der Waals surface area contributed by atoms with Crippen LogP contribution in [0.5, 0.6) is 0 Å². The Morgan fingerprint density at radius 1 is 1.06 bits per heavy atom. The monoisotopic (exact) mass is 256 g/mol. The molecule has 1 heterocycles. The van der Waals surface area contributed by atoms with Crippen LogP contribution in [0.1, 0.15) is 39.5 Å². The number of piperazine rings is 1. The van der Waals surface area contributed by atoms with Crippen LogP contribution in [0.2, 0.25) is 0 Å². The van der Waals surface area contributed by atoms with Gasteiger partial charge in [0.15, 0.2) is 0 Å². The minimum Gasteiger partial charge on any atom is -0.300 e. The standard InChI is InChI=1S/C14H28N2S/c1-3-14(4-2,12-17)11-15-7-9-16(10-8-15)13-5-6-13/h13,17H,3-12H2,1-2H3. The summed E-state index contributed by atoms with van der Waals surface area (Å²) in [6, 6.07) is 0.948. The molecule has 2 nitrogen and oxygen atoms in total. The first-order chi connectivity index (χ1) is 8.23. The molecule has 17 heavy (non-hydrogen) atoms. The van der Waals surface area contributed by atoms with Gasteiger partial charge in [-0.2, -0.15) is 12.6 Å². The fourth-order valence-electron chi connectivity index (χ4n) is 2.95. The Labute approximate surface area is 112 Å². The summed E-state index contributed by atoms with van der Waals surface area (Å²) < 4.78 is 0. The number of nitrogens with zero attached hydrogens (tertiary/aromatic N) is 2. The van der Waals surface area contributed by atoms with Gasteiger partial charge in [-0.3, -0.25) is 4.90 Å². The number of hydrogen-bond acceptors (Lipinski definition) is 3. The average Bonchev–Trinajstić information content (AvgIpc) is 3.21. The Balaban J connectivity index is 1.79. The second-order valence-electron chi connectivity index (χ2n) is 5.91. The molecule has 2 fully saturated rings. The Bertz CT molecular complexity index is 220. The van der Waals surface area contributed by atoms with Crippen molar-refractivity contribution in [3.05, 3.63) is 0 Å². The van der Waals surface area contributed by atoms with E-state index in [4.69, 9.17) is 0 Å². The van der Waals surface area contributed by atoms with E-state index >= 15 is 0 Å². The molecule has 1 aliphatic heterocycles. The molecular weight excluding hydrogens is 228 g/mol. The van der Waals surface area contributed by atoms with Crippen LogP contribution < -0.4 is 0 Å². The van der Waals surface area contributed by atoms with E-state index in [1.165, 1.54) is 58.4 Å². The van der Waals surface area contributed by atoms with Gasteiger partial charge in [0.2, 0.25) is 0 Å². The maximum Gasteiger partial charge on any atom is 0.0113 e. The van der Waals surface area contributed by atoms with Crippen molar-refractivity contribution in [3.63, 3.8) is 0 Å². The molecule has 0 aromatic rings. The molecule has 0 atom stereocenters. The van der Waals surface area contributed by atoms with E-state index in [0.29, 0.717) is 5.41 Å². The van der Waals surface area contributed by atoms with Gasteiger partial charge in [-0.15, -0.1) is 0 Å². The maximum absolute atomic E-state index is 4.58. The summed E-state index contributed by atoms with van der Waals surface area (Å²) in [5.41, 5.74) is 0.449. The summed E-state index contributed by atoms with van der Waals surface area (Å²) in [6.45, 7) is 11.0. The summed E-state index contributed by atoms with van der Waals surface area (Å²) in [5.74, 6) is 1.03. The zero-order chi connectivity index (χ0) is 12.3. The number of rotatable bonds is 6. The van der Waals surface area contributed by atoms with E-state index < -0.39 is 0 Å². The highest BCUT2D eigenvalue weighted by Crippen LogP contribution is 2.31. The van der Waals surface area contributed by atoms with Gasteiger partial charge in [0, 0.05) is 38.8 Å². The van der Waals surface area contributed by atoms with Crippen molar-refractivity contribution in [2.45, 2.75) is 45.6 Å². The molecule has 1 aliphatic carbocycles. The van der Waals surface area contributed by atoms with Crippen LogP contribution in [-0.4, -0.2) is 54.3 Å². The maximum atomic E-state index is 4.58. The van der Waals surface area contributed by atoms with Crippen LogP contribution in [0, 0.1) is 5.41 Å². The van der Waals surface area contributed by atoms with Crippen molar-refractivity contribution in [2.75, 3.05) is 38.5 Å². The van der Waals surface area contributed by atoms with Crippen molar-refractivity contribution in [2.24, 2.45) is 5.41 Å².